The Labute approximate surface area is 156 Å². The Morgan fingerprint density at radius 3 is 1.88 bits per heavy atom. The smallest absolute Gasteiger partial charge is 0.309 e. The van der Waals surface area contributed by atoms with Crippen molar-refractivity contribution in [3.05, 3.63) is 94.2 Å². The monoisotopic (exact) mass is 364 g/mol. The molecule has 132 valence electrons. The van der Waals surface area contributed by atoms with Gasteiger partial charge in [-0.3, -0.25) is 9.59 Å². The molecular weight excluding hydrogens is 344 g/mol. The number of carbonyl (C=O) groups excluding carboxylic acids is 2. The number of rotatable bonds is 6. The van der Waals surface area contributed by atoms with Crippen molar-refractivity contribution < 1.29 is 9.59 Å². The van der Waals surface area contributed by atoms with Gasteiger partial charge in [-0.15, -0.1) is 11.3 Å². The average molecular weight is 364 g/mol. The first-order chi connectivity index (χ1) is 12.7. The second-order valence-corrected chi connectivity index (χ2v) is 6.88. The molecule has 2 amide bonds. The highest BCUT2D eigenvalue weighted by molar-refractivity contribution is 7.09. The number of nitrogens with one attached hydrogen (secondary N) is 2. The van der Waals surface area contributed by atoms with Crippen molar-refractivity contribution in [3.63, 3.8) is 0 Å². The molecular formula is C21H20N2O2S. The number of thiophene rings is 1. The van der Waals surface area contributed by atoms with Crippen molar-refractivity contribution in [3.8, 4) is 0 Å². The predicted molar refractivity (Wildman–Crippen MR) is 104 cm³/mol. The van der Waals surface area contributed by atoms with Gasteiger partial charge in [-0.25, -0.2) is 0 Å². The summed E-state index contributed by atoms with van der Waals surface area (Å²) in [7, 11) is 0. The molecule has 3 rings (SSSR count). The van der Waals surface area contributed by atoms with Crippen molar-refractivity contribution in [2.75, 3.05) is 6.54 Å². The van der Waals surface area contributed by atoms with E-state index < -0.39 is 11.8 Å². The minimum atomic E-state index is -0.613. The Morgan fingerprint density at radius 2 is 1.35 bits per heavy atom. The van der Waals surface area contributed by atoms with Crippen molar-refractivity contribution in [2.45, 2.75) is 12.5 Å². The van der Waals surface area contributed by atoms with Gasteiger partial charge in [-0.1, -0.05) is 66.7 Å². The summed E-state index contributed by atoms with van der Waals surface area (Å²) in [5, 5.41) is 7.35. The summed E-state index contributed by atoms with van der Waals surface area (Å²) in [6, 6.07) is 23.8. The largest absolute Gasteiger partial charge is 0.347 e. The van der Waals surface area contributed by atoms with E-state index in [0.717, 1.165) is 16.0 Å². The first-order valence-corrected chi connectivity index (χ1v) is 9.30. The van der Waals surface area contributed by atoms with E-state index in [1.54, 1.807) is 11.3 Å². The molecule has 0 saturated carbocycles. The number of amides is 2. The summed E-state index contributed by atoms with van der Waals surface area (Å²) in [4.78, 5) is 25.2. The predicted octanol–water partition coefficient (Wildman–Crippen LogP) is 3.31. The van der Waals surface area contributed by atoms with Crippen LogP contribution < -0.4 is 10.6 Å². The van der Waals surface area contributed by atoms with Gasteiger partial charge in [-0.2, -0.15) is 0 Å². The third-order valence-electron chi connectivity index (χ3n) is 4.08. The lowest BCUT2D eigenvalue weighted by Gasteiger charge is -2.18. The molecule has 0 aliphatic rings. The molecule has 0 fully saturated rings. The molecule has 4 nitrogen and oxygen atoms in total. The maximum atomic E-state index is 12.1. The van der Waals surface area contributed by atoms with E-state index in [0.29, 0.717) is 13.1 Å². The van der Waals surface area contributed by atoms with E-state index in [2.05, 4.69) is 10.6 Å². The Kier molecular flexibility index (Phi) is 6.17. The first kappa shape index (κ1) is 17.9. The van der Waals surface area contributed by atoms with Crippen LogP contribution in [0, 0.1) is 0 Å². The highest BCUT2D eigenvalue weighted by Crippen LogP contribution is 2.23. The van der Waals surface area contributed by atoms with Crippen LogP contribution in [0.25, 0.3) is 0 Å². The van der Waals surface area contributed by atoms with E-state index in [9.17, 15) is 9.59 Å². The van der Waals surface area contributed by atoms with Gasteiger partial charge >= 0.3 is 11.8 Å². The lowest BCUT2D eigenvalue weighted by atomic mass is 9.91. The van der Waals surface area contributed by atoms with Crippen LogP contribution in [0.1, 0.15) is 21.9 Å². The van der Waals surface area contributed by atoms with Gasteiger partial charge in [0, 0.05) is 17.3 Å². The topological polar surface area (TPSA) is 58.2 Å². The molecule has 2 N–H and O–H groups in total. The SMILES string of the molecule is O=C(NCc1cccs1)C(=O)NCC(c1ccccc1)c1ccccc1. The summed E-state index contributed by atoms with van der Waals surface area (Å²) in [6.07, 6.45) is 0. The fraction of sp³-hybridized carbons (Fsp3) is 0.143. The molecule has 1 aromatic heterocycles. The van der Waals surface area contributed by atoms with Crippen LogP contribution in [0.5, 0.6) is 0 Å². The van der Waals surface area contributed by atoms with Crippen LogP contribution in [0.4, 0.5) is 0 Å². The lowest BCUT2D eigenvalue weighted by molar-refractivity contribution is -0.139. The summed E-state index contributed by atoms with van der Waals surface area (Å²) in [5.74, 6) is -1.23. The van der Waals surface area contributed by atoms with Crippen LogP contribution in [-0.2, 0) is 16.1 Å². The second kappa shape index (κ2) is 8.97. The molecule has 0 radical (unpaired) electrons. The van der Waals surface area contributed by atoms with E-state index in [-0.39, 0.29) is 5.92 Å². The Hall–Kier alpha value is -2.92. The van der Waals surface area contributed by atoms with Gasteiger partial charge in [-0.05, 0) is 22.6 Å². The van der Waals surface area contributed by atoms with Crippen molar-refractivity contribution in [1.82, 2.24) is 10.6 Å². The molecule has 0 bridgehead atoms. The molecule has 0 atom stereocenters. The summed E-state index contributed by atoms with van der Waals surface area (Å²) in [6.45, 7) is 0.726. The third kappa shape index (κ3) is 4.80. The molecule has 1 heterocycles. The van der Waals surface area contributed by atoms with Gasteiger partial charge < -0.3 is 10.6 Å². The quantitative estimate of drug-likeness (QED) is 0.659. The lowest BCUT2D eigenvalue weighted by Crippen LogP contribution is -2.41. The van der Waals surface area contributed by atoms with Gasteiger partial charge in [0.25, 0.3) is 0 Å². The molecule has 2 aromatic carbocycles. The minimum absolute atomic E-state index is 0.00792. The zero-order valence-electron chi connectivity index (χ0n) is 14.2. The zero-order chi connectivity index (χ0) is 18.2. The number of hydrogen-bond acceptors (Lipinski definition) is 3. The molecule has 0 spiro atoms. The normalized spacial score (nSPS) is 10.5. The summed E-state index contributed by atoms with van der Waals surface area (Å²) >= 11 is 1.54. The van der Waals surface area contributed by atoms with Crippen molar-refractivity contribution >= 4 is 23.2 Å². The minimum Gasteiger partial charge on any atom is -0.347 e. The fourth-order valence-corrected chi connectivity index (χ4v) is 3.38. The molecule has 0 saturated heterocycles. The van der Waals surface area contributed by atoms with Crippen LogP contribution in [-0.4, -0.2) is 18.4 Å². The van der Waals surface area contributed by atoms with E-state index in [4.69, 9.17) is 0 Å². The first-order valence-electron chi connectivity index (χ1n) is 8.42. The van der Waals surface area contributed by atoms with E-state index in [1.807, 2.05) is 78.2 Å². The number of benzene rings is 2. The van der Waals surface area contributed by atoms with Gasteiger partial charge in [0.1, 0.15) is 0 Å². The fourth-order valence-electron chi connectivity index (χ4n) is 2.73. The number of hydrogen-bond donors (Lipinski definition) is 2. The van der Waals surface area contributed by atoms with Crippen LogP contribution in [0.15, 0.2) is 78.2 Å². The highest BCUT2D eigenvalue weighted by Gasteiger charge is 2.18. The van der Waals surface area contributed by atoms with Crippen molar-refractivity contribution in [2.24, 2.45) is 0 Å². The maximum absolute atomic E-state index is 12.1. The molecule has 0 unspecified atom stereocenters. The summed E-state index contributed by atoms with van der Waals surface area (Å²) < 4.78 is 0. The van der Waals surface area contributed by atoms with Crippen LogP contribution in [0.2, 0.25) is 0 Å². The van der Waals surface area contributed by atoms with E-state index >= 15 is 0 Å². The Balaban J connectivity index is 1.62. The highest BCUT2D eigenvalue weighted by atomic mass is 32.1. The molecule has 26 heavy (non-hydrogen) atoms. The van der Waals surface area contributed by atoms with Gasteiger partial charge in [0.15, 0.2) is 0 Å². The summed E-state index contributed by atoms with van der Waals surface area (Å²) in [5.41, 5.74) is 2.19. The Morgan fingerprint density at radius 1 is 0.769 bits per heavy atom. The maximum Gasteiger partial charge on any atom is 0.309 e. The molecule has 3 aromatic rings. The standard InChI is InChI=1S/C21H20N2O2S/c24-20(22-14-18-12-7-13-26-18)21(25)23-15-19(16-8-3-1-4-9-16)17-10-5-2-6-11-17/h1-13,19H,14-15H2,(H,22,24)(H,23,25). The van der Waals surface area contributed by atoms with Gasteiger partial charge in [0.05, 0.1) is 6.54 Å². The van der Waals surface area contributed by atoms with E-state index in [1.165, 1.54) is 0 Å². The molecule has 0 aliphatic carbocycles. The average Bonchev–Trinajstić information content (AvgIpc) is 3.21. The number of carbonyl (C=O) groups is 2. The van der Waals surface area contributed by atoms with Crippen LogP contribution in [0.3, 0.4) is 0 Å². The zero-order valence-corrected chi connectivity index (χ0v) is 15.0. The molecule has 0 aliphatic heterocycles. The molecule has 5 heteroatoms. The van der Waals surface area contributed by atoms with Gasteiger partial charge in [0.2, 0.25) is 0 Å². The second-order valence-electron chi connectivity index (χ2n) is 5.85. The van der Waals surface area contributed by atoms with Crippen LogP contribution >= 0.6 is 11.3 Å². The third-order valence-corrected chi connectivity index (χ3v) is 4.96. The Bertz CT molecular complexity index is 793. The van der Waals surface area contributed by atoms with Crippen molar-refractivity contribution in [1.29, 1.82) is 0 Å².